The second-order valence-electron chi connectivity index (χ2n) is 3.84. The van der Waals surface area contributed by atoms with Crippen LogP contribution in [0.4, 0.5) is 0 Å². The van der Waals surface area contributed by atoms with E-state index >= 15 is 0 Å². The summed E-state index contributed by atoms with van der Waals surface area (Å²) in [6, 6.07) is 7.87. The van der Waals surface area contributed by atoms with Crippen molar-refractivity contribution in [3.63, 3.8) is 0 Å². The summed E-state index contributed by atoms with van der Waals surface area (Å²) in [4.78, 5) is 2.29. The SMILES string of the molecule is CSCCN(C)Cc1ccc(C(=N)N)cc1. The molecule has 88 valence electrons. The number of hydrogen-bond donors (Lipinski definition) is 2. The first-order valence-electron chi connectivity index (χ1n) is 5.24. The van der Waals surface area contributed by atoms with E-state index in [1.165, 1.54) is 5.56 Å². The smallest absolute Gasteiger partial charge is 0.122 e. The average molecular weight is 237 g/mol. The Morgan fingerprint density at radius 3 is 2.50 bits per heavy atom. The average Bonchev–Trinajstić information content (AvgIpc) is 2.27. The fourth-order valence-electron chi connectivity index (χ4n) is 1.43. The van der Waals surface area contributed by atoms with Crippen molar-refractivity contribution in [2.45, 2.75) is 6.54 Å². The highest BCUT2D eigenvalue weighted by Gasteiger charge is 2.01. The minimum Gasteiger partial charge on any atom is -0.384 e. The summed E-state index contributed by atoms with van der Waals surface area (Å²) in [6.45, 7) is 2.04. The minimum absolute atomic E-state index is 0.127. The van der Waals surface area contributed by atoms with E-state index in [4.69, 9.17) is 11.1 Å². The molecule has 0 unspecified atom stereocenters. The van der Waals surface area contributed by atoms with Crippen molar-refractivity contribution in [3.8, 4) is 0 Å². The zero-order valence-corrected chi connectivity index (χ0v) is 10.7. The first-order chi connectivity index (χ1) is 7.63. The lowest BCUT2D eigenvalue weighted by Crippen LogP contribution is -2.20. The molecule has 0 amide bonds. The number of nitrogen functional groups attached to an aromatic ring is 1. The summed E-state index contributed by atoms with van der Waals surface area (Å²) in [5.74, 6) is 1.28. The maximum absolute atomic E-state index is 7.30. The van der Waals surface area contributed by atoms with Crippen molar-refractivity contribution in [1.29, 1.82) is 5.41 Å². The third kappa shape index (κ3) is 4.24. The Labute approximate surface area is 102 Å². The molecule has 0 aliphatic rings. The van der Waals surface area contributed by atoms with Crippen molar-refractivity contribution in [3.05, 3.63) is 35.4 Å². The van der Waals surface area contributed by atoms with Crippen LogP contribution in [0.2, 0.25) is 0 Å². The predicted octanol–water partition coefficient (Wildman–Crippen LogP) is 1.77. The van der Waals surface area contributed by atoms with Crippen LogP contribution in [0.5, 0.6) is 0 Å². The Kier molecular flexibility index (Phi) is 5.35. The number of nitrogens with zero attached hydrogens (tertiary/aromatic N) is 1. The van der Waals surface area contributed by atoms with Gasteiger partial charge in [0.05, 0.1) is 0 Å². The van der Waals surface area contributed by atoms with Crippen LogP contribution in [-0.4, -0.2) is 36.3 Å². The van der Waals surface area contributed by atoms with Crippen molar-refractivity contribution in [2.24, 2.45) is 5.73 Å². The molecular formula is C12H19N3S. The van der Waals surface area contributed by atoms with Gasteiger partial charge in [0.1, 0.15) is 5.84 Å². The molecule has 0 aliphatic heterocycles. The van der Waals surface area contributed by atoms with Crippen LogP contribution in [0, 0.1) is 5.41 Å². The molecule has 4 heteroatoms. The van der Waals surface area contributed by atoms with Crippen LogP contribution in [0.25, 0.3) is 0 Å². The first-order valence-corrected chi connectivity index (χ1v) is 6.63. The molecule has 0 spiro atoms. The van der Waals surface area contributed by atoms with Gasteiger partial charge in [0, 0.05) is 24.4 Å². The Hall–Kier alpha value is -1.00. The van der Waals surface area contributed by atoms with Gasteiger partial charge in [-0.1, -0.05) is 24.3 Å². The molecule has 0 atom stereocenters. The van der Waals surface area contributed by atoms with E-state index in [1.807, 2.05) is 36.0 Å². The normalized spacial score (nSPS) is 10.7. The van der Waals surface area contributed by atoms with Gasteiger partial charge in [0.2, 0.25) is 0 Å². The molecule has 3 nitrogen and oxygen atoms in total. The van der Waals surface area contributed by atoms with Crippen LogP contribution in [0.15, 0.2) is 24.3 Å². The summed E-state index contributed by atoms with van der Waals surface area (Å²) in [7, 11) is 2.12. The third-order valence-electron chi connectivity index (χ3n) is 2.39. The summed E-state index contributed by atoms with van der Waals surface area (Å²) < 4.78 is 0. The predicted molar refractivity (Wildman–Crippen MR) is 72.2 cm³/mol. The summed E-state index contributed by atoms with van der Waals surface area (Å²) in [6.07, 6.45) is 2.12. The number of hydrogen-bond acceptors (Lipinski definition) is 3. The van der Waals surface area contributed by atoms with Gasteiger partial charge >= 0.3 is 0 Å². The van der Waals surface area contributed by atoms with E-state index in [0.717, 1.165) is 24.4 Å². The maximum atomic E-state index is 7.30. The van der Waals surface area contributed by atoms with Crippen molar-refractivity contribution in [2.75, 3.05) is 25.6 Å². The number of rotatable bonds is 6. The molecule has 16 heavy (non-hydrogen) atoms. The van der Waals surface area contributed by atoms with E-state index < -0.39 is 0 Å². The quantitative estimate of drug-likeness (QED) is 0.585. The van der Waals surface area contributed by atoms with Crippen LogP contribution < -0.4 is 5.73 Å². The van der Waals surface area contributed by atoms with Gasteiger partial charge < -0.3 is 10.6 Å². The van der Waals surface area contributed by atoms with Crippen LogP contribution in [-0.2, 0) is 6.54 Å². The summed E-state index contributed by atoms with van der Waals surface area (Å²) in [5, 5.41) is 7.30. The van der Waals surface area contributed by atoms with Crippen LogP contribution in [0.3, 0.4) is 0 Å². The topological polar surface area (TPSA) is 53.1 Å². The summed E-state index contributed by atoms with van der Waals surface area (Å²) in [5.41, 5.74) is 7.45. The lowest BCUT2D eigenvalue weighted by molar-refractivity contribution is 0.349. The van der Waals surface area contributed by atoms with E-state index in [1.54, 1.807) is 0 Å². The Morgan fingerprint density at radius 1 is 1.38 bits per heavy atom. The highest BCUT2D eigenvalue weighted by molar-refractivity contribution is 7.98. The molecule has 0 bridgehead atoms. The fourth-order valence-corrected chi connectivity index (χ4v) is 1.92. The number of nitrogens with one attached hydrogen (secondary N) is 1. The van der Waals surface area contributed by atoms with E-state index in [-0.39, 0.29) is 5.84 Å². The van der Waals surface area contributed by atoms with Gasteiger partial charge in [-0.2, -0.15) is 11.8 Å². The Morgan fingerprint density at radius 2 is 2.00 bits per heavy atom. The molecule has 0 radical (unpaired) electrons. The van der Waals surface area contributed by atoms with Crippen molar-refractivity contribution < 1.29 is 0 Å². The van der Waals surface area contributed by atoms with Gasteiger partial charge in [-0.25, -0.2) is 0 Å². The highest BCUT2D eigenvalue weighted by atomic mass is 32.2. The monoisotopic (exact) mass is 237 g/mol. The van der Waals surface area contributed by atoms with Gasteiger partial charge in [0.15, 0.2) is 0 Å². The maximum Gasteiger partial charge on any atom is 0.122 e. The number of amidine groups is 1. The Balaban J connectivity index is 2.51. The number of benzene rings is 1. The lowest BCUT2D eigenvalue weighted by Gasteiger charge is -2.16. The molecular weight excluding hydrogens is 218 g/mol. The molecule has 0 saturated heterocycles. The largest absolute Gasteiger partial charge is 0.384 e. The number of thioether (sulfide) groups is 1. The standard InChI is InChI=1S/C12H19N3S/c1-15(7-8-16-2)9-10-3-5-11(6-4-10)12(13)14/h3-6H,7-9H2,1-2H3,(H3,13,14). The molecule has 0 aliphatic carbocycles. The number of nitrogens with two attached hydrogens (primary N) is 1. The van der Waals surface area contributed by atoms with Crippen molar-refractivity contribution in [1.82, 2.24) is 4.90 Å². The highest BCUT2D eigenvalue weighted by Crippen LogP contribution is 2.06. The van der Waals surface area contributed by atoms with Gasteiger partial charge in [-0.15, -0.1) is 0 Å². The lowest BCUT2D eigenvalue weighted by atomic mass is 10.1. The molecule has 1 aromatic carbocycles. The van der Waals surface area contributed by atoms with Crippen LogP contribution >= 0.6 is 11.8 Å². The fraction of sp³-hybridized carbons (Fsp3) is 0.417. The van der Waals surface area contributed by atoms with E-state index in [0.29, 0.717) is 0 Å². The molecule has 1 rings (SSSR count). The van der Waals surface area contributed by atoms with Gasteiger partial charge in [-0.3, -0.25) is 5.41 Å². The Bertz CT molecular complexity index is 335. The zero-order valence-electron chi connectivity index (χ0n) is 9.86. The van der Waals surface area contributed by atoms with Crippen molar-refractivity contribution >= 4 is 17.6 Å². The molecule has 3 N–H and O–H groups in total. The van der Waals surface area contributed by atoms with Gasteiger partial charge in [0.25, 0.3) is 0 Å². The molecule has 1 aromatic rings. The third-order valence-corrected chi connectivity index (χ3v) is 2.99. The minimum atomic E-state index is 0.127. The second kappa shape index (κ2) is 6.55. The van der Waals surface area contributed by atoms with Crippen LogP contribution in [0.1, 0.15) is 11.1 Å². The first kappa shape index (κ1) is 13.1. The second-order valence-corrected chi connectivity index (χ2v) is 4.83. The molecule has 0 fully saturated rings. The van der Waals surface area contributed by atoms with Gasteiger partial charge in [-0.05, 0) is 18.9 Å². The zero-order chi connectivity index (χ0) is 12.0. The molecule has 0 saturated carbocycles. The van der Waals surface area contributed by atoms with E-state index in [9.17, 15) is 0 Å². The van der Waals surface area contributed by atoms with E-state index in [2.05, 4.69) is 18.2 Å². The molecule has 0 aromatic heterocycles. The molecule has 0 heterocycles. The summed E-state index contributed by atoms with van der Waals surface area (Å²) >= 11 is 1.86.